The first kappa shape index (κ1) is 34.8. The zero-order valence-corrected chi connectivity index (χ0v) is 28.5. The molecule has 268 valence electrons. The summed E-state index contributed by atoms with van der Waals surface area (Å²) in [5, 5.41) is 9.17. The number of alkyl halides is 4. The Morgan fingerprint density at radius 3 is 2.76 bits per heavy atom. The van der Waals surface area contributed by atoms with Crippen LogP contribution in [0.1, 0.15) is 43.7 Å². The molecule has 1 amide bonds. The number of nitrogen functional groups attached to an aromatic ring is 1. The molecule has 3 aliphatic rings. The lowest BCUT2D eigenvalue weighted by atomic mass is 9.92. The number of fused-ring (bicyclic) bond motifs is 3. The molecule has 4 atom stereocenters. The summed E-state index contributed by atoms with van der Waals surface area (Å²) in [4.78, 5) is 26.6. The second kappa shape index (κ2) is 12.6. The van der Waals surface area contributed by atoms with Crippen molar-refractivity contribution in [1.82, 2.24) is 19.8 Å². The van der Waals surface area contributed by atoms with Crippen molar-refractivity contribution in [3.8, 4) is 23.2 Å². The number of anilines is 2. The third kappa shape index (κ3) is 5.61. The van der Waals surface area contributed by atoms with Crippen molar-refractivity contribution >= 4 is 49.1 Å². The van der Waals surface area contributed by atoms with Crippen molar-refractivity contribution in [1.29, 1.82) is 5.26 Å². The zero-order chi connectivity index (χ0) is 36.6. The Labute approximate surface area is 292 Å². The van der Waals surface area contributed by atoms with Gasteiger partial charge in [-0.15, -0.1) is 11.3 Å². The Hall–Kier alpha value is -4.62. The number of carbonyl (C=O) groups excluding carboxylic acids is 1. The van der Waals surface area contributed by atoms with Gasteiger partial charge in [-0.25, -0.2) is 13.2 Å². The Bertz CT molecular complexity index is 2130. The summed E-state index contributed by atoms with van der Waals surface area (Å²) >= 11 is 0.674. The minimum Gasteiger partial charge on any atom is -0.461 e. The lowest BCUT2D eigenvalue weighted by molar-refractivity contribution is -0.137. The van der Waals surface area contributed by atoms with Crippen LogP contribution in [0.3, 0.4) is 0 Å². The van der Waals surface area contributed by atoms with Crippen LogP contribution in [0.4, 0.5) is 37.2 Å². The number of hydrogen-bond donors (Lipinski definition) is 1. The Morgan fingerprint density at radius 2 is 2.06 bits per heavy atom. The fourth-order valence-corrected chi connectivity index (χ4v) is 9.14. The second-order valence-electron chi connectivity index (χ2n) is 13.4. The van der Waals surface area contributed by atoms with Gasteiger partial charge in [0.2, 0.25) is 5.91 Å². The van der Waals surface area contributed by atoms with E-state index < -0.39 is 58.2 Å². The van der Waals surface area contributed by atoms with Crippen molar-refractivity contribution in [2.75, 3.05) is 43.9 Å². The van der Waals surface area contributed by atoms with Crippen LogP contribution in [0, 0.1) is 23.0 Å². The van der Waals surface area contributed by atoms with E-state index in [0.717, 1.165) is 24.6 Å². The fourth-order valence-electron chi connectivity index (χ4n) is 8.19. The molecule has 2 N–H and O–H groups in total. The highest BCUT2D eigenvalue weighted by atomic mass is 32.1. The number of aromatic nitrogens is 2. The van der Waals surface area contributed by atoms with Crippen molar-refractivity contribution < 1.29 is 35.9 Å². The van der Waals surface area contributed by atoms with E-state index in [1.807, 2.05) is 11.0 Å². The Kier molecular flexibility index (Phi) is 8.57. The first-order valence-corrected chi connectivity index (χ1v) is 17.2. The normalized spacial score (nSPS) is 23.6. The van der Waals surface area contributed by atoms with Crippen LogP contribution in [-0.4, -0.2) is 82.8 Å². The molecule has 0 aliphatic carbocycles. The number of thiophene rings is 1. The molecular weight excluding hydrogens is 696 g/mol. The maximum atomic E-state index is 17.1. The lowest BCUT2D eigenvalue weighted by Gasteiger charge is -2.33. The largest absolute Gasteiger partial charge is 0.461 e. The van der Waals surface area contributed by atoms with E-state index in [2.05, 4.69) is 16.5 Å². The third-order valence-corrected chi connectivity index (χ3v) is 11.7. The summed E-state index contributed by atoms with van der Waals surface area (Å²) in [6.45, 7) is 6.57. The minimum absolute atomic E-state index is 0.0308. The van der Waals surface area contributed by atoms with Gasteiger partial charge in [0, 0.05) is 48.9 Å². The number of rotatable bonds is 7. The van der Waals surface area contributed by atoms with Crippen molar-refractivity contribution in [3.63, 3.8) is 0 Å². The molecule has 4 aromatic rings. The molecule has 0 radical (unpaired) electrons. The number of amides is 1. The Morgan fingerprint density at radius 1 is 1.29 bits per heavy atom. The van der Waals surface area contributed by atoms with Gasteiger partial charge in [0.1, 0.15) is 41.0 Å². The third-order valence-electron chi connectivity index (χ3n) is 10.6. The van der Waals surface area contributed by atoms with Gasteiger partial charge in [0.15, 0.2) is 5.82 Å². The van der Waals surface area contributed by atoms with Gasteiger partial charge >= 0.3 is 12.2 Å². The predicted molar refractivity (Wildman–Crippen MR) is 181 cm³/mol. The van der Waals surface area contributed by atoms with Gasteiger partial charge in [-0.2, -0.15) is 28.4 Å². The van der Waals surface area contributed by atoms with Gasteiger partial charge in [-0.1, -0.05) is 12.6 Å². The molecule has 3 fully saturated rings. The van der Waals surface area contributed by atoms with Gasteiger partial charge in [-0.3, -0.25) is 9.69 Å². The molecule has 51 heavy (non-hydrogen) atoms. The zero-order valence-electron chi connectivity index (χ0n) is 27.7. The summed E-state index contributed by atoms with van der Waals surface area (Å²) in [6.07, 6.45) is -2.89. The monoisotopic (exact) mass is 729 g/mol. The molecule has 2 aromatic carbocycles. The van der Waals surface area contributed by atoms with Crippen molar-refractivity contribution in [2.24, 2.45) is 0 Å². The second-order valence-corrected chi connectivity index (χ2v) is 14.4. The van der Waals surface area contributed by atoms with Crippen molar-refractivity contribution in [2.45, 2.75) is 62.6 Å². The molecule has 2 unspecified atom stereocenters. The number of likely N-dealkylation sites (N-methyl/N-ethyl adjacent to an activating group) is 1. The molecule has 3 aliphatic heterocycles. The maximum Gasteiger partial charge on any atom is 0.417 e. The molecule has 9 nitrogen and oxygen atoms in total. The van der Waals surface area contributed by atoms with E-state index in [4.69, 9.17) is 10.5 Å². The molecule has 2 aromatic heterocycles. The smallest absolute Gasteiger partial charge is 0.417 e. The van der Waals surface area contributed by atoms with Crippen molar-refractivity contribution in [3.05, 3.63) is 53.6 Å². The first-order chi connectivity index (χ1) is 24.2. The minimum atomic E-state index is -5.13. The molecule has 3 saturated heterocycles. The summed E-state index contributed by atoms with van der Waals surface area (Å²) in [7, 11) is 1.59. The number of nitrogens with two attached hydrogens (primary N) is 1. The standard InChI is InChI=1S/C35H33F6N7O2S/c1-4-25(49)48-11-8-24(17(48)2)46(3)32-20-12-22(35(39,40)41)27(19-6-7-23(37)30-26(19)21(14-42)31(43)51-30)28(38)29(20)44-33(45-32)50-16-34-9-5-10-47(34)15-18(36)13-34/h4,6-7,12,17-18,24H,1,5,8-11,13,15-16,43H2,2-3H3/t17?,18-,24?,34-/m1/s1. The summed E-state index contributed by atoms with van der Waals surface area (Å²) in [6, 6.07) is 3.24. The van der Waals surface area contributed by atoms with E-state index in [0.29, 0.717) is 37.3 Å². The summed E-state index contributed by atoms with van der Waals surface area (Å²) in [5.74, 6) is -2.62. The van der Waals surface area contributed by atoms with Crippen LogP contribution in [0.25, 0.3) is 32.1 Å². The molecule has 5 heterocycles. The van der Waals surface area contributed by atoms with Crippen LogP contribution in [0.5, 0.6) is 6.01 Å². The molecule has 0 saturated carbocycles. The fraction of sp³-hybridized carbons (Fsp3) is 0.429. The number of benzene rings is 2. The highest BCUT2D eigenvalue weighted by molar-refractivity contribution is 7.23. The van der Waals surface area contributed by atoms with E-state index in [1.54, 1.807) is 23.8 Å². The van der Waals surface area contributed by atoms with Gasteiger partial charge in [-0.05, 0) is 56.5 Å². The average molecular weight is 730 g/mol. The van der Waals surface area contributed by atoms with E-state index >= 15 is 17.6 Å². The molecular formula is C35H33F6N7O2S. The van der Waals surface area contributed by atoms with Gasteiger partial charge in [0.05, 0.1) is 27.4 Å². The Balaban J connectivity index is 1.45. The van der Waals surface area contributed by atoms with E-state index in [-0.39, 0.29) is 68.9 Å². The quantitative estimate of drug-likeness (QED) is 0.163. The molecule has 16 heteroatoms. The van der Waals surface area contributed by atoms with Crippen LogP contribution in [0.15, 0.2) is 30.9 Å². The number of hydrogen-bond acceptors (Lipinski definition) is 9. The molecule has 7 rings (SSSR count). The number of carbonyl (C=O) groups is 1. The van der Waals surface area contributed by atoms with Crippen LogP contribution >= 0.6 is 11.3 Å². The molecule has 0 bridgehead atoms. The van der Waals surface area contributed by atoms with Crippen LogP contribution in [-0.2, 0) is 11.0 Å². The van der Waals surface area contributed by atoms with Crippen LogP contribution in [0.2, 0.25) is 0 Å². The summed E-state index contributed by atoms with van der Waals surface area (Å²) in [5.41, 5.74) is 1.81. The van der Waals surface area contributed by atoms with E-state index in [9.17, 15) is 18.8 Å². The van der Waals surface area contributed by atoms with Gasteiger partial charge < -0.3 is 20.3 Å². The number of halogens is 6. The highest BCUT2D eigenvalue weighted by Crippen LogP contribution is 2.48. The topological polar surface area (TPSA) is 112 Å². The maximum absolute atomic E-state index is 17.1. The number of likely N-dealkylation sites (tertiary alicyclic amines) is 1. The predicted octanol–water partition coefficient (Wildman–Crippen LogP) is 6.83. The number of nitriles is 1. The lowest BCUT2D eigenvalue weighted by Crippen LogP contribution is -2.44. The first-order valence-electron chi connectivity index (χ1n) is 16.4. The van der Waals surface area contributed by atoms with E-state index in [1.165, 1.54) is 6.08 Å². The number of ether oxygens (including phenoxy) is 1. The summed E-state index contributed by atoms with van der Waals surface area (Å²) < 4.78 is 97.6. The highest BCUT2D eigenvalue weighted by Gasteiger charge is 2.49. The average Bonchev–Trinajstić information content (AvgIpc) is 3.83. The van der Waals surface area contributed by atoms with Gasteiger partial charge in [0.25, 0.3) is 0 Å². The number of nitrogens with zero attached hydrogens (tertiary/aromatic N) is 6. The molecule has 0 spiro atoms. The SMILES string of the molecule is C=CC(=O)N1CCC(N(C)c2nc(OC[C@]34CCCN3C[C@H](F)C4)nc3c(F)c(-c4ccc(F)c5sc(N)c(C#N)c45)c(C(F)(F)F)cc23)C1C. The van der Waals surface area contributed by atoms with Crippen LogP contribution < -0.4 is 15.4 Å².